The molecule has 20 heavy (non-hydrogen) atoms. The van der Waals surface area contributed by atoms with Gasteiger partial charge in [-0.3, -0.25) is 4.90 Å². The highest BCUT2D eigenvalue weighted by Gasteiger charge is 2.19. The summed E-state index contributed by atoms with van der Waals surface area (Å²) in [7, 11) is 5.48. The van der Waals surface area contributed by atoms with Crippen molar-refractivity contribution in [2.75, 3.05) is 34.4 Å². The molecule has 1 unspecified atom stereocenters. The van der Waals surface area contributed by atoms with Crippen LogP contribution in [0.15, 0.2) is 18.2 Å². The van der Waals surface area contributed by atoms with Gasteiger partial charge in [0, 0.05) is 12.1 Å². The van der Waals surface area contributed by atoms with Crippen LogP contribution in [0.2, 0.25) is 0 Å². The van der Waals surface area contributed by atoms with Crippen LogP contribution < -0.4 is 15.2 Å². The summed E-state index contributed by atoms with van der Waals surface area (Å²) in [5.74, 6) is 1.70. The van der Waals surface area contributed by atoms with Crippen LogP contribution >= 0.6 is 0 Å². The molecule has 0 saturated heterocycles. The van der Waals surface area contributed by atoms with Crippen molar-refractivity contribution in [3.05, 3.63) is 23.8 Å². The van der Waals surface area contributed by atoms with Crippen molar-refractivity contribution in [3.8, 4) is 11.5 Å². The van der Waals surface area contributed by atoms with E-state index in [2.05, 4.69) is 18.9 Å². The number of ether oxygens (including phenoxy) is 2. The molecule has 0 fully saturated rings. The van der Waals surface area contributed by atoms with Gasteiger partial charge in [0.1, 0.15) is 11.5 Å². The Morgan fingerprint density at radius 3 is 2.50 bits per heavy atom. The van der Waals surface area contributed by atoms with Gasteiger partial charge >= 0.3 is 0 Å². The Labute approximate surface area is 122 Å². The molecule has 1 rings (SSSR count). The van der Waals surface area contributed by atoms with E-state index in [1.807, 2.05) is 18.2 Å². The molecule has 1 aromatic carbocycles. The number of rotatable bonds is 9. The molecule has 1 aromatic rings. The molecule has 0 saturated carbocycles. The van der Waals surface area contributed by atoms with Crippen LogP contribution in [-0.2, 0) is 0 Å². The zero-order valence-corrected chi connectivity index (χ0v) is 13.2. The lowest BCUT2D eigenvalue weighted by atomic mass is 10.0. The van der Waals surface area contributed by atoms with Gasteiger partial charge in [0.2, 0.25) is 0 Å². The highest BCUT2D eigenvalue weighted by atomic mass is 16.5. The van der Waals surface area contributed by atoms with Crippen molar-refractivity contribution in [1.82, 2.24) is 4.90 Å². The van der Waals surface area contributed by atoms with Crippen LogP contribution in [0.5, 0.6) is 11.5 Å². The number of hydrogen-bond donors (Lipinski definition) is 1. The lowest BCUT2D eigenvalue weighted by Crippen LogP contribution is -2.31. The maximum Gasteiger partial charge on any atom is 0.123 e. The number of unbranched alkanes of at least 4 members (excludes halogenated alkanes) is 2. The Hall–Kier alpha value is -1.26. The molecule has 0 heterocycles. The predicted molar refractivity (Wildman–Crippen MR) is 83.5 cm³/mol. The molecule has 0 bridgehead atoms. The summed E-state index contributed by atoms with van der Waals surface area (Å²) in [4.78, 5) is 2.30. The fourth-order valence-electron chi connectivity index (χ4n) is 2.41. The second kappa shape index (κ2) is 8.82. The molecule has 2 N–H and O–H groups in total. The van der Waals surface area contributed by atoms with Crippen LogP contribution in [0, 0.1) is 0 Å². The predicted octanol–water partition coefficient (Wildman–Crippen LogP) is 2.83. The first-order chi connectivity index (χ1) is 9.67. The zero-order valence-electron chi connectivity index (χ0n) is 13.2. The first kappa shape index (κ1) is 16.8. The standard InChI is InChI=1S/C16H28N2O2/c1-5-6-7-10-18(2)15(12-17)14-11-13(19-3)8-9-16(14)20-4/h8-9,11,15H,5-7,10,12,17H2,1-4H3. The summed E-state index contributed by atoms with van der Waals surface area (Å²) in [6.45, 7) is 3.81. The summed E-state index contributed by atoms with van der Waals surface area (Å²) in [6, 6.07) is 6.02. The summed E-state index contributed by atoms with van der Waals surface area (Å²) in [5, 5.41) is 0. The quantitative estimate of drug-likeness (QED) is 0.707. The average molecular weight is 280 g/mol. The Morgan fingerprint density at radius 1 is 1.20 bits per heavy atom. The third-order valence-electron chi connectivity index (χ3n) is 3.67. The van der Waals surface area contributed by atoms with Crippen molar-refractivity contribution in [2.45, 2.75) is 32.2 Å². The molecule has 0 aliphatic carbocycles. The summed E-state index contributed by atoms with van der Waals surface area (Å²) >= 11 is 0. The van der Waals surface area contributed by atoms with Crippen molar-refractivity contribution >= 4 is 0 Å². The van der Waals surface area contributed by atoms with Crippen LogP contribution in [0.4, 0.5) is 0 Å². The second-order valence-corrected chi connectivity index (χ2v) is 5.05. The highest BCUT2D eigenvalue weighted by molar-refractivity contribution is 5.42. The van der Waals surface area contributed by atoms with Gasteiger partial charge in [-0.1, -0.05) is 19.8 Å². The molecular weight excluding hydrogens is 252 g/mol. The van der Waals surface area contributed by atoms with Gasteiger partial charge in [-0.15, -0.1) is 0 Å². The minimum atomic E-state index is 0.150. The highest BCUT2D eigenvalue weighted by Crippen LogP contribution is 2.31. The van der Waals surface area contributed by atoms with E-state index in [1.54, 1.807) is 14.2 Å². The summed E-state index contributed by atoms with van der Waals surface area (Å²) in [6.07, 6.45) is 3.66. The number of hydrogen-bond acceptors (Lipinski definition) is 4. The molecule has 4 heteroatoms. The SMILES string of the molecule is CCCCCN(C)C(CN)c1cc(OC)ccc1OC. The Bertz CT molecular complexity index is 396. The molecule has 0 spiro atoms. The van der Waals surface area contributed by atoms with E-state index in [4.69, 9.17) is 15.2 Å². The third kappa shape index (κ3) is 4.39. The molecule has 0 aromatic heterocycles. The van der Waals surface area contributed by atoms with E-state index in [-0.39, 0.29) is 6.04 Å². The molecular formula is C16H28N2O2. The van der Waals surface area contributed by atoms with Crippen molar-refractivity contribution in [2.24, 2.45) is 5.73 Å². The Kier molecular flexibility index (Phi) is 7.41. The fraction of sp³-hybridized carbons (Fsp3) is 0.625. The van der Waals surface area contributed by atoms with E-state index in [0.29, 0.717) is 6.54 Å². The average Bonchev–Trinajstić information content (AvgIpc) is 2.48. The van der Waals surface area contributed by atoms with Gasteiger partial charge < -0.3 is 15.2 Å². The van der Waals surface area contributed by atoms with Crippen molar-refractivity contribution < 1.29 is 9.47 Å². The lowest BCUT2D eigenvalue weighted by Gasteiger charge is -2.28. The van der Waals surface area contributed by atoms with E-state index >= 15 is 0 Å². The number of nitrogens with zero attached hydrogens (tertiary/aromatic N) is 1. The summed E-state index contributed by atoms with van der Waals surface area (Å²) < 4.78 is 10.8. The van der Waals surface area contributed by atoms with Gasteiger partial charge in [-0.2, -0.15) is 0 Å². The lowest BCUT2D eigenvalue weighted by molar-refractivity contribution is 0.239. The zero-order chi connectivity index (χ0) is 15.0. The van der Waals surface area contributed by atoms with Crippen LogP contribution in [-0.4, -0.2) is 39.3 Å². The van der Waals surface area contributed by atoms with E-state index in [0.717, 1.165) is 23.6 Å². The van der Waals surface area contributed by atoms with Gasteiger partial charge in [-0.25, -0.2) is 0 Å². The van der Waals surface area contributed by atoms with Crippen LogP contribution in [0.25, 0.3) is 0 Å². The maximum atomic E-state index is 5.99. The van der Waals surface area contributed by atoms with E-state index in [9.17, 15) is 0 Å². The molecule has 0 aliphatic heterocycles. The number of benzene rings is 1. The molecule has 0 radical (unpaired) electrons. The van der Waals surface area contributed by atoms with Crippen molar-refractivity contribution in [3.63, 3.8) is 0 Å². The van der Waals surface area contributed by atoms with Gasteiger partial charge in [0.25, 0.3) is 0 Å². The smallest absolute Gasteiger partial charge is 0.123 e. The normalized spacial score (nSPS) is 12.5. The minimum Gasteiger partial charge on any atom is -0.497 e. The molecule has 1 atom stereocenters. The van der Waals surface area contributed by atoms with E-state index in [1.165, 1.54) is 19.3 Å². The molecule has 4 nitrogen and oxygen atoms in total. The fourth-order valence-corrected chi connectivity index (χ4v) is 2.41. The molecule has 0 aliphatic rings. The monoisotopic (exact) mass is 280 g/mol. The van der Waals surface area contributed by atoms with Crippen LogP contribution in [0.3, 0.4) is 0 Å². The van der Waals surface area contributed by atoms with Crippen LogP contribution in [0.1, 0.15) is 37.8 Å². The topological polar surface area (TPSA) is 47.7 Å². The minimum absolute atomic E-state index is 0.150. The second-order valence-electron chi connectivity index (χ2n) is 5.05. The van der Waals surface area contributed by atoms with Gasteiger partial charge in [0.15, 0.2) is 0 Å². The summed E-state index contributed by atoms with van der Waals surface area (Å²) in [5.41, 5.74) is 7.08. The Balaban J connectivity index is 2.91. The largest absolute Gasteiger partial charge is 0.497 e. The third-order valence-corrected chi connectivity index (χ3v) is 3.67. The number of methoxy groups -OCH3 is 2. The number of likely N-dealkylation sites (N-methyl/N-ethyl adjacent to an activating group) is 1. The van der Waals surface area contributed by atoms with E-state index < -0.39 is 0 Å². The first-order valence-electron chi connectivity index (χ1n) is 7.30. The Morgan fingerprint density at radius 2 is 1.95 bits per heavy atom. The van der Waals surface area contributed by atoms with Crippen molar-refractivity contribution in [1.29, 1.82) is 0 Å². The van der Waals surface area contributed by atoms with Gasteiger partial charge in [0.05, 0.1) is 20.3 Å². The first-order valence-corrected chi connectivity index (χ1v) is 7.30. The maximum absolute atomic E-state index is 5.99. The molecule has 114 valence electrons. The van der Waals surface area contributed by atoms with Gasteiger partial charge in [-0.05, 0) is 38.2 Å². The molecule has 0 amide bonds. The number of nitrogens with two attached hydrogens (primary N) is 1.